The second-order valence-corrected chi connectivity index (χ2v) is 7.10. The molecular weight excluding hydrogens is 425 g/mol. The van der Waals surface area contributed by atoms with Gasteiger partial charge in [-0.3, -0.25) is 4.79 Å². The number of hydrogen-bond acceptors (Lipinski definition) is 9. The maximum absolute atomic E-state index is 13.4. The molecule has 0 spiro atoms. The zero-order chi connectivity index (χ0) is 23.0. The topological polar surface area (TPSA) is 126 Å². The number of amides is 1. The normalized spacial score (nSPS) is 14.2. The standard InChI is InChI=1S/C22H22FN9O/c23-19-12-18(4-7-25-19)31-8-10-32(11-9-31)22-28-14-17(15-29-22)30-21(33)16-2-3-20(27-13-16)26-6-1-5-24/h1-7,12-15H,8-11,24H2,(H,30,33)/b5-1-,26-6?. The van der Waals surface area contributed by atoms with E-state index in [1.807, 2.05) is 4.90 Å². The van der Waals surface area contributed by atoms with Gasteiger partial charge in [-0.25, -0.2) is 24.9 Å². The van der Waals surface area contributed by atoms with Crippen LogP contribution in [0.1, 0.15) is 10.4 Å². The number of aliphatic imine (C=N–C) groups is 1. The van der Waals surface area contributed by atoms with Crippen molar-refractivity contribution in [2.24, 2.45) is 10.7 Å². The Labute approximate surface area is 189 Å². The van der Waals surface area contributed by atoms with Crippen LogP contribution < -0.4 is 20.9 Å². The molecule has 168 valence electrons. The van der Waals surface area contributed by atoms with Crippen LogP contribution in [-0.2, 0) is 0 Å². The highest BCUT2D eigenvalue weighted by atomic mass is 19.1. The summed E-state index contributed by atoms with van der Waals surface area (Å²) >= 11 is 0. The lowest BCUT2D eigenvalue weighted by Crippen LogP contribution is -2.47. The van der Waals surface area contributed by atoms with Crippen molar-refractivity contribution in [2.45, 2.75) is 0 Å². The highest BCUT2D eigenvalue weighted by molar-refractivity contribution is 6.04. The van der Waals surface area contributed by atoms with E-state index in [4.69, 9.17) is 5.73 Å². The molecule has 0 aliphatic carbocycles. The van der Waals surface area contributed by atoms with Gasteiger partial charge in [0.1, 0.15) is 0 Å². The lowest BCUT2D eigenvalue weighted by atomic mass is 10.2. The van der Waals surface area contributed by atoms with Crippen molar-refractivity contribution in [1.29, 1.82) is 0 Å². The SMILES string of the molecule is N/C=C\C=Nc1ccc(C(=O)Nc2cnc(N3CCN(c4ccnc(F)c4)CC3)nc2)cn1. The molecule has 0 saturated carbocycles. The number of nitrogens with zero attached hydrogens (tertiary/aromatic N) is 7. The molecule has 4 heterocycles. The number of rotatable bonds is 6. The van der Waals surface area contributed by atoms with Crippen molar-refractivity contribution in [2.75, 3.05) is 41.3 Å². The minimum absolute atomic E-state index is 0.325. The number of allylic oxidation sites excluding steroid dienone is 1. The molecule has 0 atom stereocenters. The molecule has 1 saturated heterocycles. The lowest BCUT2D eigenvalue weighted by Gasteiger charge is -2.36. The van der Waals surface area contributed by atoms with Gasteiger partial charge in [0.2, 0.25) is 11.9 Å². The zero-order valence-electron chi connectivity index (χ0n) is 17.7. The molecule has 0 unspecified atom stereocenters. The van der Waals surface area contributed by atoms with Crippen molar-refractivity contribution < 1.29 is 9.18 Å². The van der Waals surface area contributed by atoms with Gasteiger partial charge in [-0.1, -0.05) is 0 Å². The van der Waals surface area contributed by atoms with Gasteiger partial charge in [0, 0.05) is 56.5 Å². The first-order valence-corrected chi connectivity index (χ1v) is 10.2. The summed E-state index contributed by atoms with van der Waals surface area (Å²) in [5.74, 6) is 0.223. The Hall–Kier alpha value is -4.41. The van der Waals surface area contributed by atoms with Crippen molar-refractivity contribution >= 4 is 35.3 Å². The van der Waals surface area contributed by atoms with E-state index in [1.54, 1.807) is 36.7 Å². The molecule has 1 aliphatic heterocycles. The van der Waals surface area contributed by atoms with Gasteiger partial charge in [-0.2, -0.15) is 4.39 Å². The number of nitrogens with two attached hydrogens (primary N) is 1. The summed E-state index contributed by atoms with van der Waals surface area (Å²) in [6.45, 7) is 2.80. The minimum atomic E-state index is -0.490. The highest BCUT2D eigenvalue weighted by Gasteiger charge is 2.20. The summed E-state index contributed by atoms with van der Waals surface area (Å²) in [7, 11) is 0. The predicted molar refractivity (Wildman–Crippen MR) is 124 cm³/mol. The van der Waals surface area contributed by atoms with Crippen LogP contribution >= 0.6 is 0 Å². The Kier molecular flexibility index (Phi) is 6.78. The second-order valence-electron chi connectivity index (χ2n) is 7.10. The summed E-state index contributed by atoms with van der Waals surface area (Å²) in [4.78, 5) is 37.1. The minimum Gasteiger partial charge on any atom is -0.405 e. The van der Waals surface area contributed by atoms with Gasteiger partial charge >= 0.3 is 0 Å². The maximum atomic E-state index is 13.4. The van der Waals surface area contributed by atoms with Gasteiger partial charge in [0.05, 0.1) is 23.6 Å². The fourth-order valence-corrected chi connectivity index (χ4v) is 3.27. The molecule has 0 bridgehead atoms. The van der Waals surface area contributed by atoms with Crippen LogP contribution in [0.5, 0.6) is 0 Å². The van der Waals surface area contributed by atoms with Crippen molar-refractivity contribution in [3.05, 3.63) is 72.8 Å². The Bertz CT molecular complexity index is 1140. The van der Waals surface area contributed by atoms with Crippen LogP contribution in [0.3, 0.4) is 0 Å². The number of pyridine rings is 2. The van der Waals surface area contributed by atoms with E-state index in [2.05, 4.69) is 35.1 Å². The fraction of sp³-hybridized carbons (Fsp3) is 0.182. The molecule has 4 rings (SSSR count). The van der Waals surface area contributed by atoms with Crippen molar-refractivity contribution in [1.82, 2.24) is 19.9 Å². The molecule has 1 amide bonds. The summed E-state index contributed by atoms with van der Waals surface area (Å²) in [5.41, 5.74) is 6.91. The molecule has 33 heavy (non-hydrogen) atoms. The predicted octanol–water partition coefficient (Wildman–Crippen LogP) is 2.16. The monoisotopic (exact) mass is 447 g/mol. The lowest BCUT2D eigenvalue weighted by molar-refractivity contribution is 0.102. The molecule has 1 aliphatic rings. The van der Waals surface area contributed by atoms with Gasteiger partial charge in [0.25, 0.3) is 5.91 Å². The van der Waals surface area contributed by atoms with Crippen LogP contribution in [-0.4, -0.2) is 58.2 Å². The third-order valence-electron chi connectivity index (χ3n) is 4.95. The number of piperazine rings is 1. The Balaban J connectivity index is 1.31. The first kappa shape index (κ1) is 21.8. The van der Waals surface area contributed by atoms with E-state index in [1.165, 1.54) is 30.9 Å². The summed E-state index contributed by atoms with van der Waals surface area (Å²) in [5, 5.41) is 2.76. The third kappa shape index (κ3) is 5.64. The Morgan fingerprint density at radius 3 is 2.45 bits per heavy atom. The zero-order valence-corrected chi connectivity index (χ0v) is 17.7. The largest absolute Gasteiger partial charge is 0.405 e. The van der Waals surface area contributed by atoms with E-state index < -0.39 is 5.95 Å². The molecular formula is C22H22FN9O. The van der Waals surface area contributed by atoms with Crippen molar-refractivity contribution in [3.8, 4) is 0 Å². The summed E-state index contributed by atoms with van der Waals surface area (Å²) in [6, 6.07) is 6.49. The molecule has 3 N–H and O–H groups in total. The average Bonchev–Trinajstić information content (AvgIpc) is 2.85. The number of carbonyl (C=O) groups excluding carboxylic acids is 1. The maximum Gasteiger partial charge on any atom is 0.257 e. The van der Waals surface area contributed by atoms with E-state index >= 15 is 0 Å². The Morgan fingerprint density at radius 2 is 1.79 bits per heavy atom. The summed E-state index contributed by atoms with van der Waals surface area (Å²) < 4.78 is 13.4. The van der Waals surface area contributed by atoms with E-state index in [-0.39, 0.29) is 5.91 Å². The molecule has 3 aromatic rings. The molecule has 0 aromatic carbocycles. The van der Waals surface area contributed by atoms with E-state index in [0.717, 1.165) is 5.69 Å². The average molecular weight is 447 g/mol. The van der Waals surface area contributed by atoms with E-state index in [9.17, 15) is 9.18 Å². The van der Waals surface area contributed by atoms with Gasteiger partial charge in [0.15, 0.2) is 5.82 Å². The smallest absolute Gasteiger partial charge is 0.257 e. The molecule has 10 nitrogen and oxygen atoms in total. The number of halogens is 1. The molecule has 0 radical (unpaired) electrons. The number of nitrogens with one attached hydrogen (secondary N) is 1. The Morgan fingerprint density at radius 1 is 1.03 bits per heavy atom. The second kappa shape index (κ2) is 10.3. The van der Waals surface area contributed by atoms with Gasteiger partial charge in [-0.05, 0) is 30.5 Å². The van der Waals surface area contributed by atoms with Crippen LogP contribution in [0.25, 0.3) is 0 Å². The first-order chi connectivity index (χ1) is 16.1. The number of anilines is 3. The van der Waals surface area contributed by atoms with Crippen molar-refractivity contribution in [3.63, 3.8) is 0 Å². The number of hydrogen-bond donors (Lipinski definition) is 2. The fourth-order valence-electron chi connectivity index (χ4n) is 3.27. The molecule has 1 fully saturated rings. The molecule has 11 heteroatoms. The van der Waals surface area contributed by atoms with Crippen LogP contribution in [0, 0.1) is 5.95 Å². The highest BCUT2D eigenvalue weighted by Crippen LogP contribution is 2.19. The number of aromatic nitrogens is 4. The van der Waals surface area contributed by atoms with Crippen LogP contribution in [0.2, 0.25) is 0 Å². The van der Waals surface area contributed by atoms with Gasteiger partial charge < -0.3 is 20.9 Å². The third-order valence-corrected chi connectivity index (χ3v) is 4.95. The molecule has 3 aromatic heterocycles. The quantitative estimate of drug-likeness (QED) is 0.435. The first-order valence-electron chi connectivity index (χ1n) is 10.2. The number of carbonyl (C=O) groups is 1. The van der Waals surface area contributed by atoms with Gasteiger partial charge in [-0.15, -0.1) is 0 Å². The summed E-state index contributed by atoms with van der Waals surface area (Å²) in [6.07, 6.45) is 10.5. The van der Waals surface area contributed by atoms with Crippen LogP contribution in [0.4, 0.5) is 27.5 Å². The van der Waals surface area contributed by atoms with Crippen LogP contribution in [0.15, 0.2) is 66.3 Å². The van der Waals surface area contributed by atoms with E-state index in [0.29, 0.717) is 49.2 Å².